The SMILES string of the molecule is CC(=O)Nc1ccc(Cl)c(F)c1C1=CC(=O)N([C@H]2CCCC[C@@H](C)C(=O)Nc3ccccc3-c3ccnc2c3)CC1. The number of hydrogen-bond donors (Lipinski definition) is 2. The summed E-state index contributed by atoms with van der Waals surface area (Å²) >= 11 is 6.08. The number of nitrogens with one attached hydrogen (secondary N) is 2. The minimum atomic E-state index is -0.669. The fourth-order valence-corrected chi connectivity index (χ4v) is 5.76. The van der Waals surface area contributed by atoms with Crippen LogP contribution in [0.4, 0.5) is 15.8 Å². The van der Waals surface area contributed by atoms with Crippen molar-refractivity contribution in [2.45, 2.75) is 52.0 Å². The Kier molecular flexibility index (Phi) is 8.49. The molecule has 2 bridgehead atoms. The first-order valence-corrected chi connectivity index (χ1v) is 14.2. The molecule has 1 aromatic heterocycles. The number of anilines is 2. The molecule has 7 nitrogen and oxygen atoms in total. The quantitative estimate of drug-likeness (QED) is 0.352. The molecule has 0 saturated heterocycles. The van der Waals surface area contributed by atoms with Gasteiger partial charge in [-0.1, -0.05) is 49.6 Å². The number of hydrogen-bond acceptors (Lipinski definition) is 4. The van der Waals surface area contributed by atoms with Gasteiger partial charge < -0.3 is 15.5 Å². The van der Waals surface area contributed by atoms with Crippen molar-refractivity contribution in [3.63, 3.8) is 0 Å². The summed E-state index contributed by atoms with van der Waals surface area (Å²) in [7, 11) is 0. The smallest absolute Gasteiger partial charge is 0.247 e. The maximum atomic E-state index is 15.2. The summed E-state index contributed by atoms with van der Waals surface area (Å²) in [5.41, 5.74) is 4.16. The highest BCUT2D eigenvalue weighted by molar-refractivity contribution is 6.31. The number of amides is 3. The van der Waals surface area contributed by atoms with Crippen molar-refractivity contribution >= 4 is 46.3 Å². The topological polar surface area (TPSA) is 91.4 Å². The molecule has 2 aliphatic rings. The van der Waals surface area contributed by atoms with Crippen LogP contribution >= 0.6 is 11.6 Å². The predicted molar refractivity (Wildman–Crippen MR) is 159 cm³/mol. The van der Waals surface area contributed by atoms with E-state index in [2.05, 4.69) is 15.6 Å². The number of pyridine rings is 1. The van der Waals surface area contributed by atoms with Crippen LogP contribution in [0.1, 0.15) is 63.3 Å². The highest BCUT2D eigenvalue weighted by atomic mass is 35.5. The van der Waals surface area contributed by atoms with Crippen molar-refractivity contribution in [1.29, 1.82) is 0 Å². The van der Waals surface area contributed by atoms with Gasteiger partial charge in [0.25, 0.3) is 0 Å². The first-order valence-electron chi connectivity index (χ1n) is 13.9. The molecule has 0 saturated carbocycles. The van der Waals surface area contributed by atoms with Crippen LogP contribution < -0.4 is 10.6 Å². The fraction of sp³-hybridized carbons (Fsp3) is 0.312. The largest absolute Gasteiger partial charge is 0.330 e. The number of carbonyl (C=O) groups is 3. The number of halogens is 2. The molecule has 212 valence electrons. The lowest BCUT2D eigenvalue weighted by molar-refractivity contribution is -0.129. The predicted octanol–water partition coefficient (Wildman–Crippen LogP) is 7.01. The lowest BCUT2D eigenvalue weighted by Gasteiger charge is -2.34. The van der Waals surface area contributed by atoms with Crippen LogP contribution in [0.25, 0.3) is 16.7 Å². The van der Waals surface area contributed by atoms with Gasteiger partial charge in [-0.3, -0.25) is 19.4 Å². The highest BCUT2D eigenvalue weighted by Crippen LogP contribution is 2.38. The van der Waals surface area contributed by atoms with Gasteiger partial charge in [-0.25, -0.2) is 4.39 Å². The van der Waals surface area contributed by atoms with Gasteiger partial charge in [0, 0.05) is 48.5 Å². The lowest BCUT2D eigenvalue weighted by Crippen LogP contribution is -2.38. The summed E-state index contributed by atoms with van der Waals surface area (Å²) in [6.07, 6.45) is 6.57. The summed E-state index contributed by atoms with van der Waals surface area (Å²) in [4.78, 5) is 44.8. The van der Waals surface area contributed by atoms with Gasteiger partial charge in [0.15, 0.2) is 5.82 Å². The Balaban J connectivity index is 1.51. The molecule has 2 N–H and O–H groups in total. The molecule has 3 amide bonds. The summed E-state index contributed by atoms with van der Waals surface area (Å²) in [5, 5.41) is 5.66. The fourth-order valence-electron chi connectivity index (χ4n) is 5.60. The number of rotatable bonds is 3. The van der Waals surface area contributed by atoms with Gasteiger partial charge in [-0.05, 0) is 60.7 Å². The molecule has 0 spiro atoms. The van der Waals surface area contributed by atoms with Crippen LogP contribution in [0.5, 0.6) is 0 Å². The average Bonchev–Trinajstić information content (AvgIpc) is 2.95. The molecule has 2 aromatic carbocycles. The summed E-state index contributed by atoms with van der Waals surface area (Å²) in [6, 6.07) is 14.2. The number of nitrogens with zero attached hydrogens (tertiary/aromatic N) is 2. The second-order valence-electron chi connectivity index (χ2n) is 10.6. The van der Waals surface area contributed by atoms with Crippen LogP contribution in [-0.2, 0) is 14.4 Å². The molecule has 3 heterocycles. The van der Waals surface area contributed by atoms with E-state index < -0.39 is 5.82 Å². The van der Waals surface area contributed by atoms with Crippen molar-refractivity contribution in [3.8, 4) is 11.1 Å². The van der Waals surface area contributed by atoms with E-state index in [9.17, 15) is 14.4 Å². The first-order chi connectivity index (χ1) is 19.7. The van der Waals surface area contributed by atoms with E-state index in [0.29, 0.717) is 25.0 Å². The molecular formula is C32H32ClFN4O3. The van der Waals surface area contributed by atoms with Gasteiger partial charge >= 0.3 is 0 Å². The van der Waals surface area contributed by atoms with Crippen molar-refractivity contribution in [2.24, 2.45) is 5.92 Å². The van der Waals surface area contributed by atoms with E-state index in [1.165, 1.54) is 19.1 Å². The van der Waals surface area contributed by atoms with Crippen LogP contribution in [0, 0.1) is 11.7 Å². The second kappa shape index (κ2) is 12.2. The van der Waals surface area contributed by atoms with Gasteiger partial charge in [0.2, 0.25) is 17.7 Å². The molecule has 0 unspecified atom stereocenters. The number of benzene rings is 2. The van der Waals surface area contributed by atoms with Gasteiger partial charge in [-0.15, -0.1) is 0 Å². The third-order valence-electron chi connectivity index (χ3n) is 7.74. The van der Waals surface area contributed by atoms with Crippen LogP contribution in [0.2, 0.25) is 5.02 Å². The Morgan fingerprint density at radius 2 is 1.90 bits per heavy atom. The van der Waals surface area contributed by atoms with Crippen molar-refractivity contribution < 1.29 is 18.8 Å². The standard InChI is InChI=1S/C32H32ClFN4O3/c1-19-7-3-6-10-28(27-17-21(13-15-35-27)23-8-4-5-9-25(23)37-32(19)41)38-16-14-22(18-29(38)40)30-26(36-20(2)39)12-11-24(33)31(30)34/h4-5,8-9,11-13,15,17-19,28H,3,6-7,10,14,16H2,1-2H3,(H,36,39)(H,37,41)/t19-,28+/m1/s1. The molecule has 3 aromatic rings. The molecule has 0 fully saturated rings. The van der Waals surface area contributed by atoms with Gasteiger partial charge in [0.1, 0.15) is 0 Å². The average molecular weight is 575 g/mol. The zero-order valence-electron chi connectivity index (χ0n) is 23.0. The normalized spacial score (nSPS) is 19.6. The molecule has 5 rings (SSSR count). The Hall–Kier alpha value is -4.04. The minimum absolute atomic E-state index is 0.0155. The van der Waals surface area contributed by atoms with E-state index in [1.807, 2.05) is 43.3 Å². The molecule has 2 aliphatic heterocycles. The second-order valence-corrected chi connectivity index (χ2v) is 11.0. The lowest BCUT2D eigenvalue weighted by atomic mass is 9.93. The third kappa shape index (κ3) is 6.17. The monoisotopic (exact) mass is 574 g/mol. The zero-order valence-corrected chi connectivity index (χ0v) is 23.8. The maximum absolute atomic E-state index is 15.2. The van der Waals surface area contributed by atoms with Crippen molar-refractivity contribution in [3.05, 3.63) is 82.9 Å². The van der Waals surface area contributed by atoms with Gasteiger partial charge in [0.05, 0.1) is 22.4 Å². The number of fused-ring (bicyclic) bond motifs is 4. The molecule has 0 aliphatic carbocycles. The molecule has 2 atom stereocenters. The number of para-hydroxylation sites is 1. The van der Waals surface area contributed by atoms with E-state index in [0.717, 1.165) is 41.8 Å². The minimum Gasteiger partial charge on any atom is -0.330 e. The van der Waals surface area contributed by atoms with E-state index >= 15 is 4.39 Å². The van der Waals surface area contributed by atoms with E-state index in [4.69, 9.17) is 11.6 Å². The molecule has 41 heavy (non-hydrogen) atoms. The van der Waals surface area contributed by atoms with Crippen LogP contribution in [0.15, 0.2) is 60.8 Å². The number of carbonyl (C=O) groups excluding carboxylic acids is 3. The highest BCUT2D eigenvalue weighted by Gasteiger charge is 2.31. The van der Waals surface area contributed by atoms with Crippen molar-refractivity contribution in [2.75, 3.05) is 17.2 Å². The van der Waals surface area contributed by atoms with E-state index in [-0.39, 0.29) is 46.0 Å². The Morgan fingerprint density at radius 1 is 1.12 bits per heavy atom. The number of aromatic nitrogens is 1. The van der Waals surface area contributed by atoms with Crippen LogP contribution in [-0.4, -0.2) is 34.2 Å². The van der Waals surface area contributed by atoms with Crippen LogP contribution in [0.3, 0.4) is 0 Å². The van der Waals surface area contributed by atoms with E-state index in [1.54, 1.807) is 17.2 Å². The Morgan fingerprint density at radius 3 is 2.68 bits per heavy atom. The third-order valence-corrected chi connectivity index (χ3v) is 8.03. The summed E-state index contributed by atoms with van der Waals surface area (Å²) in [6.45, 7) is 3.62. The Bertz CT molecular complexity index is 1540. The maximum Gasteiger partial charge on any atom is 0.247 e. The Labute approximate surface area is 243 Å². The summed E-state index contributed by atoms with van der Waals surface area (Å²) < 4.78 is 15.2. The molecule has 0 radical (unpaired) electrons. The molecular weight excluding hydrogens is 543 g/mol. The van der Waals surface area contributed by atoms with Gasteiger partial charge in [-0.2, -0.15) is 0 Å². The zero-order chi connectivity index (χ0) is 29.1. The first kappa shape index (κ1) is 28.5. The van der Waals surface area contributed by atoms with Crippen molar-refractivity contribution in [1.82, 2.24) is 9.88 Å². The molecule has 9 heteroatoms. The summed E-state index contributed by atoms with van der Waals surface area (Å²) in [5.74, 6) is -1.45.